The Morgan fingerprint density at radius 2 is 2.27 bits per heavy atom. The van der Waals surface area contributed by atoms with Crippen LogP contribution < -0.4 is 5.32 Å². The number of rotatable bonds is 3. The van der Waals surface area contributed by atoms with E-state index < -0.39 is 0 Å². The number of benzene rings is 1. The summed E-state index contributed by atoms with van der Waals surface area (Å²) in [6.07, 6.45) is 1.69. The summed E-state index contributed by atoms with van der Waals surface area (Å²) in [5, 5.41) is 3.04. The highest BCUT2D eigenvalue weighted by Crippen LogP contribution is 2.13. The van der Waals surface area contributed by atoms with Gasteiger partial charge in [0.25, 0.3) is 0 Å². The Morgan fingerprint density at radius 3 is 2.87 bits per heavy atom. The van der Waals surface area contributed by atoms with Gasteiger partial charge in [0.2, 0.25) is 0 Å². The van der Waals surface area contributed by atoms with Gasteiger partial charge in [-0.25, -0.2) is 4.79 Å². The van der Waals surface area contributed by atoms with Crippen molar-refractivity contribution in [2.45, 2.75) is 26.0 Å². The van der Waals surface area contributed by atoms with Crippen molar-refractivity contribution in [3.63, 3.8) is 0 Å². The lowest BCUT2D eigenvalue weighted by molar-refractivity contribution is 0.000420. The second-order valence-corrected chi connectivity index (χ2v) is 3.65. The molecular weight excluding hydrogens is 190 g/mol. The topological polar surface area (TPSA) is 38.3 Å². The number of carbonyl (C=O) groups excluding carboxylic acids is 1. The van der Waals surface area contributed by atoms with E-state index >= 15 is 0 Å². The van der Waals surface area contributed by atoms with Crippen LogP contribution in [0.2, 0.25) is 0 Å². The molecular formula is C12H15NO2. The zero-order chi connectivity index (χ0) is 10.7. The molecule has 1 unspecified atom stereocenters. The van der Waals surface area contributed by atoms with Crippen molar-refractivity contribution in [1.82, 2.24) is 5.32 Å². The molecule has 0 aliphatic carbocycles. The van der Waals surface area contributed by atoms with Crippen molar-refractivity contribution >= 4 is 5.97 Å². The zero-order valence-corrected chi connectivity index (χ0v) is 8.82. The molecule has 1 aromatic rings. The number of hydrogen-bond donors (Lipinski definition) is 1. The second kappa shape index (κ2) is 4.45. The molecule has 0 radical (unpaired) electrons. The Hall–Kier alpha value is -1.35. The van der Waals surface area contributed by atoms with E-state index in [1.54, 1.807) is 0 Å². The van der Waals surface area contributed by atoms with E-state index in [0.717, 1.165) is 24.9 Å². The summed E-state index contributed by atoms with van der Waals surface area (Å²) in [5.41, 5.74) is 1.73. The summed E-state index contributed by atoms with van der Waals surface area (Å²) in [6, 6.07) is 7.59. The van der Waals surface area contributed by atoms with E-state index in [0.29, 0.717) is 5.56 Å². The molecule has 1 aliphatic rings. The molecule has 15 heavy (non-hydrogen) atoms. The van der Waals surface area contributed by atoms with Crippen LogP contribution in [0.4, 0.5) is 0 Å². The van der Waals surface area contributed by atoms with E-state index in [4.69, 9.17) is 4.74 Å². The minimum absolute atomic E-state index is 0.0811. The molecule has 1 heterocycles. The van der Waals surface area contributed by atoms with Gasteiger partial charge < -0.3 is 4.74 Å². The fourth-order valence-electron chi connectivity index (χ4n) is 1.58. The van der Waals surface area contributed by atoms with Gasteiger partial charge in [0, 0.05) is 13.0 Å². The Morgan fingerprint density at radius 1 is 1.53 bits per heavy atom. The number of carbonyl (C=O) groups is 1. The van der Waals surface area contributed by atoms with E-state index in [2.05, 4.69) is 5.32 Å². The molecule has 3 nitrogen and oxygen atoms in total. The molecule has 3 heteroatoms. The first kappa shape index (κ1) is 10.2. The van der Waals surface area contributed by atoms with Crippen LogP contribution in [0, 0.1) is 0 Å². The molecule has 0 spiro atoms. The molecule has 1 aromatic carbocycles. The minimum Gasteiger partial charge on any atom is -0.443 e. The van der Waals surface area contributed by atoms with Crippen molar-refractivity contribution in [2.75, 3.05) is 6.54 Å². The van der Waals surface area contributed by atoms with E-state index in [-0.39, 0.29) is 12.2 Å². The molecule has 80 valence electrons. The summed E-state index contributed by atoms with van der Waals surface area (Å²) in [6.45, 7) is 2.97. The fraction of sp³-hybridized carbons (Fsp3) is 0.417. The lowest BCUT2D eigenvalue weighted by Crippen LogP contribution is -2.45. The Kier molecular flexibility index (Phi) is 3.02. The van der Waals surface area contributed by atoms with Gasteiger partial charge in [-0.3, -0.25) is 5.32 Å². The predicted octanol–water partition coefficient (Wildman–Crippen LogP) is 1.73. The SMILES string of the molecule is CCc1ccccc1C(=O)OC1CCN1. The lowest BCUT2D eigenvalue weighted by atomic mass is 10.1. The van der Waals surface area contributed by atoms with Crippen molar-refractivity contribution in [3.8, 4) is 0 Å². The molecule has 1 saturated heterocycles. The molecule has 1 N–H and O–H groups in total. The summed E-state index contributed by atoms with van der Waals surface area (Å²) < 4.78 is 5.26. The van der Waals surface area contributed by atoms with Gasteiger partial charge in [0.05, 0.1) is 5.56 Å². The van der Waals surface area contributed by atoms with Gasteiger partial charge in [0.1, 0.15) is 0 Å². The van der Waals surface area contributed by atoms with Crippen LogP contribution in [0.3, 0.4) is 0 Å². The van der Waals surface area contributed by atoms with Gasteiger partial charge >= 0.3 is 5.97 Å². The molecule has 2 rings (SSSR count). The van der Waals surface area contributed by atoms with Crippen molar-refractivity contribution in [3.05, 3.63) is 35.4 Å². The third-order valence-electron chi connectivity index (χ3n) is 2.65. The molecule has 1 atom stereocenters. The quantitative estimate of drug-likeness (QED) is 0.764. The van der Waals surface area contributed by atoms with Crippen LogP contribution in [-0.4, -0.2) is 18.7 Å². The van der Waals surface area contributed by atoms with Crippen molar-refractivity contribution in [2.24, 2.45) is 0 Å². The summed E-state index contributed by atoms with van der Waals surface area (Å²) in [7, 11) is 0. The summed E-state index contributed by atoms with van der Waals surface area (Å²) in [5.74, 6) is -0.218. The maximum atomic E-state index is 11.8. The van der Waals surface area contributed by atoms with Gasteiger partial charge in [-0.1, -0.05) is 25.1 Å². The first-order chi connectivity index (χ1) is 7.31. The van der Waals surface area contributed by atoms with Crippen LogP contribution in [-0.2, 0) is 11.2 Å². The van der Waals surface area contributed by atoms with E-state index in [1.807, 2.05) is 31.2 Å². The third kappa shape index (κ3) is 2.18. The average Bonchev–Trinajstić information content (AvgIpc) is 2.23. The first-order valence-corrected chi connectivity index (χ1v) is 5.33. The predicted molar refractivity (Wildman–Crippen MR) is 57.6 cm³/mol. The molecule has 0 aromatic heterocycles. The standard InChI is InChI=1S/C12H15NO2/c1-2-9-5-3-4-6-10(9)12(14)15-11-7-8-13-11/h3-6,11,13H,2,7-8H2,1H3. The monoisotopic (exact) mass is 205 g/mol. The minimum atomic E-state index is -0.218. The largest absolute Gasteiger partial charge is 0.443 e. The van der Waals surface area contributed by atoms with Gasteiger partial charge in [-0.05, 0) is 18.1 Å². The number of nitrogens with one attached hydrogen (secondary N) is 1. The van der Waals surface area contributed by atoms with Crippen LogP contribution in [0.15, 0.2) is 24.3 Å². The third-order valence-corrected chi connectivity index (χ3v) is 2.65. The number of hydrogen-bond acceptors (Lipinski definition) is 3. The highest BCUT2D eigenvalue weighted by Gasteiger charge is 2.22. The van der Waals surface area contributed by atoms with Gasteiger partial charge in [-0.15, -0.1) is 0 Å². The molecule has 1 aliphatic heterocycles. The van der Waals surface area contributed by atoms with Gasteiger partial charge in [-0.2, -0.15) is 0 Å². The lowest BCUT2D eigenvalue weighted by Gasteiger charge is -2.27. The molecule has 0 bridgehead atoms. The Bertz CT molecular complexity index is 358. The maximum Gasteiger partial charge on any atom is 0.339 e. The average molecular weight is 205 g/mol. The number of aryl methyl sites for hydroxylation is 1. The zero-order valence-electron chi connectivity index (χ0n) is 8.82. The highest BCUT2D eigenvalue weighted by molar-refractivity contribution is 5.91. The van der Waals surface area contributed by atoms with E-state index in [1.165, 1.54) is 0 Å². The molecule has 0 amide bonds. The van der Waals surface area contributed by atoms with Crippen LogP contribution in [0.5, 0.6) is 0 Å². The summed E-state index contributed by atoms with van der Waals surface area (Å²) in [4.78, 5) is 11.8. The smallest absolute Gasteiger partial charge is 0.339 e. The highest BCUT2D eigenvalue weighted by atomic mass is 16.6. The maximum absolute atomic E-state index is 11.8. The molecule has 1 fully saturated rings. The number of esters is 1. The van der Waals surface area contributed by atoms with Crippen LogP contribution in [0.25, 0.3) is 0 Å². The fourth-order valence-corrected chi connectivity index (χ4v) is 1.58. The summed E-state index contributed by atoms with van der Waals surface area (Å²) >= 11 is 0. The number of ether oxygens (including phenoxy) is 1. The Labute approximate surface area is 89.4 Å². The first-order valence-electron chi connectivity index (χ1n) is 5.33. The van der Waals surface area contributed by atoms with Crippen LogP contribution >= 0.6 is 0 Å². The van der Waals surface area contributed by atoms with Crippen LogP contribution in [0.1, 0.15) is 29.3 Å². The van der Waals surface area contributed by atoms with Crippen molar-refractivity contribution < 1.29 is 9.53 Å². The molecule has 0 saturated carbocycles. The second-order valence-electron chi connectivity index (χ2n) is 3.65. The normalized spacial score (nSPS) is 19.4. The Balaban J connectivity index is 2.09. The van der Waals surface area contributed by atoms with Crippen molar-refractivity contribution in [1.29, 1.82) is 0 Å². The van der Waals surface area contributed by atoms with E-state index in [9.17, 15) is 4.79 Å². The van der Waals surface area contributed by atoms with Gasteiger partial charge in [0.15, 0.2) is 6.23 Å².